The number of hydrogen-bond acceptors (Lipinski definition) is 5. The van der Waals surface area contributed by atoms with Gasteiger partial charge in [0.1, 0.15) is 0 Å². The molecule has 0 aliphatic rings. The number of benzene rings is 2. The van der Waals surface area contributed by atoms with Gasteiger partial charge in [-0.3, -0.25) is 9.78 Å². The molecule has 1 amide bonds. The van der Waals surface area contributed by atoms with Crippen LogP contribution in [0.1, 0.15) is 23.8 Å². The number of para-hydroxylation sites is 2. The number of hydrogen-bond donors (Lipinski definition) is 1. The summed E-state index contributed by atoms with van der Waals surface area (Å²) in [6.45, 7) is 1.78. The minimum absolute atomic E-state index is 0.0733. The highest BCUT2D eigenvalue weighted by Gasteiger charge is 2.23. The third kappa shape index (κ3) is 4.34. The lowest BCUT2D eigenvalue weighted by molar-refractivity contribution is -0.124. The monoisotopic (exact) mass is 461 g/mol. The number of nitrogens with zero attached hydrogens (tertiary/aromatic N) is 2. The smallest absolute Gasteiger partial charge is 0.359 e. The molecular formula is C19H16IN3O3. The van der Waals surface area contributed by atoms with E-state index < -0.39 is 12.1 Å². The molecule has 1 atom stereocenters. The van der Waals surface area contributed by atoms with Crippen LogP contribution in [0.25, 0.3) is 11.0 Å². The first kappa shape index (κ1) is 18.2. The Kier molecular flexibility index (Phi) is 5.77. The van der Waals surface area contributed by atoms with Gasteiger partial charge >= 0.3 is 5.97 Å². The van der Waals surface area contributed by atoms with Gasteiger partial charge in [-0.05, 0) is 65.4 Å². The van der Waals surface area contributed by atoms with E-state index in [2.05, 4.69) is 37.9 Å². The Balaban J connectivity index is 1.70. The molecule has 3 rings (SSSR count). The summed E-state index contributed by atoms with van der Waals surface area (Å²) in [4.78, 5) is 33.2. The van der Waals surface area contributed by atoms with Crippen molar-refractivity contribution in [2.75, 3.05) is 5.32 Å². The molecule has 0 saturated heterocycles. The highest BCUT2D eigenvalue weighted by Crippen LogP contribution is 2.14. The molecule has 0 aliphatic heterocycles. The average Bonchev–Trinajstić information content (AvgIpc) is 2.67. The summed E-state index contributed by atoms with van der Waals surface area (Å²) in [6.07, 6.45) is 0.798. The minimum atomic E-state index is -0.907. The van der Waals surface area contributed by atoms with E-state index >= 15 is 0 Å². The first-order valence-electron chi connectivity index (χ1n) is 8.06. The van der Waals surface area contributed by atoms with Gasteiger partial charge in [-0.2, -0.15) is 0 Å². The topological polar surface area (TPSA) is 81.2 Å². The normalized spacial score (nSPS) is 11.8. The molecule has 3 aromatic rings. The van der Waals surface area contributed by atoms with Crippen LogP contribution in [0.4, 0.5) is 5.69 Å². The molecule has 0 aliphatic carbocycles. The van der Waals surface area contributed by atoms with E-state index in [-0.39, 0.29) is 11.6 Å². The van der Waals surface area contributed by atoms with Crippen LogP contribution in [-0.4, -0.2) is 27.9 Å². The van der Waals surface area contributed by atoms with Crippen LogP contribution in [-0.2, 0) is 9.53 Å². The summed E-state index contributed by atoms with van der Waals surface area (Å²) >= 11 is 2.18. The van der Waals surface area contributed by atoms with Gasteiger partial charge in [0.2, 0.25) is 0 Å². The third-order valence-corrected chi connectivity index (χ3v) is 4.40. The van der Waals surface area contributed by atoms with Gasteiger partial charge < -0.3 is 10.1 Å². The number of esters is 1. The summed E-state index contributed by atoms with van der Waals surface area (Å²) in [5, 5.41) is 2.75. The van der Waals surface area contributed by atoms with E-state index in [1.54, 1.807) is 31.2 Å². The van der Waals surface area contributed by atoms with E-state index in [1.807, 2.05) is 24.3 Å². The SMILES string of the molecule is CCC(OC(=O)c1cnc2ccccc2n1)C(=O)Nc1ccc(I)cc1. The lowest BCUT2D eigenvalue weighted by Gasteiger charge is -2.16. The maximum atomic E-state index is 12.4. The highest BCUT2D eigenvalue weighted by atomic mass is 127. The Morgan fingerprint density at radius 3 is 2.50 bits per heavy atom. The van der Waals surface area contributed by atoms with Crippen molar-refractivity contribution >= 4 is 51.2 Å². The van der Waals surface area contributed by atoms with E-state index in [0.717, 1.165) is 3.57 Å². The zero-order chi connectivity index (χ0) is 18.5. The van der Waals surface area contributed by atoms with Crippen LogP contribution in [0, 0.1) is 3.57 Å². The molecule has 132 valence electrons. The van der Waals surface area contributed by atoms with Crippen molar-refractivity contribution in [1.29, 1.82) is 0 Å². The van der Waals surface area contributed by atoms with Crippen molar-refractivity contribution in [2.24, 2.45) is 0 Å². The third-order valence-electron chi connectivity index (χ3n) is 3.68. The number of rotatable bonds is 5. The predicted octanol–water partition coefficient (Wildman–Crippen LogP) is 3.81. The standard InChI is InChI=1S/C19H16IN3O3/c1-2-17(18(24)22-13-9-7-12(20)8-10-13)26-19(25)16-11-21-14-5-3-4-6-15(14)23-16/h3-11,17H,2H2,1H3,(H,22,24). The molecule has 26 heavy (non-hydrogen) atoms. The molecule has 1 aromatic heterocycles. The lowest BCUT2D eigenvalue weighted by Crippen LogP contribution is -2.32. The Hall–Kier alpha value is -2.55. The minimum Gasteiger partial charge on any atom is -0.447 e. The van der Waals surface area contributed by atoms with Crippen molar-refractivity contribution in [1.82, 2.24) is 9.97 Å². The molecular weight excluding hydrogens is 445 g/mol. The van der Waals surface area contributed by atoms with Crippen LogP contribution in [0.2, 0.25) is 0 Å². The largest absolute Gasteiger partial charge is 0.447 e. The molecule has 0 fully saturated rings. The maximum Gasteiger partial charge on any atom is 0.359 e. The quantitative estimate of drug-likeness (QED) is 0.462. The van der Waals surface area contributed by atoms with Crippen molar-refractivity contribution in [2.45, 2.75) is 19.4 Å². The predicted molar refractivity (Wildman–Crippen MR) is 107 cm³/mol. The number of ether oxygens (including phenoxy) is 1. The van der Waals surface area contributed by atoms with Crippen molar-refractivity contribution in [3.8, 4) is 0 Å². The lowest BCUT2D eigenvalue weighted by atomic mass is 10.2. The fourth-order valence-electron chi connectivity index (χ4n) is 2.32. The number of aromatic nitrogens is 2. The molecule has 1 heterocycles. The summed E-state index contributed by atoms with van der Waals surface area (Å²) in [6, 6.07) is 14.6. The zero-order valence-electron chi connectivity index (χ0n) is 14.0. The molecule has 0 saturated carbocycles. The Bertz CT molecular complexity index is 944. The Labute approximate surface area is 164 Å². The Morgan fingerprint density at radius 2 is 1.81 bits per heavy atom. The number of carbonyl (C=O) groups excluding carboxylic acids is 2. The van der Waals surface area contributed by atoms with Gasteiger partial charge in [-0.15, -0.1) is 0 Å². The van der Waals surface area contributed by atoms with Crippen LogP contribution < -0.4 is 5.32 Å². The van der Waals surface area contributed by atoms with E-state index in [4.69, 9.17) is 4.74 Å². The second-order valence-electron chi connectivity index (χ2n) is 5.54. The fraction of sp³-hybridized carbons (Fsp3) is 0.158. The number of carbonyl (C=O) groups is 2. The fourth-order valence-corrected chi connectivity index (χ4v) is 2.68. The first-order valence-corrected chi connectivity index (χ1v) is 9.14. The molecule has 1 N–H and O–H groups in total. The number of nitrogens with one attached hydrogen (secondary N) is 1. The molecule has 6 nitrogen and oxygen atoms in total. The average molecular weight is 461 g/mol. The van der Waals surface area contributed by atoms with Gasteiger partial charge in [-0.1, -0.05) is 19.1 Å². The number of amides is 1. The van der Waals surface area contributed by atoms with Crippen molar-refractivity contribution in [3.63, 3.8) is 0 Å². The van der Waals surface area contributed by atoms with Gasteiger partial charge in [0, 0.05) is 9.26 Å². The summed E-state index contributed by atoms with van der Waals surface area (Å²) in [7, 11) is 0. The van der Waals surface area contributed by atoms with E-state index in [9.17, 15) is 9.59 Å². The van der Waals surface area contributed by atoms with Crippen molar-refractivity contribution in [3.05, 3.63) is 64.0 Å². The van der Waals surface area contributed by atoms with Crippen molar-refractivity contribution < 1.29 is 14.3 Å². The van der Waals surface area contributed by atoms with Crippen LogP contribution in [0.3, 0.4) is 0 Å². The van der Waals surface area contributed by atoms with Crippen LogP contribution in [0.5, 0.6) is 0 Å². The molecule has 0 radical (unpaired) electrons. The highest BCUT2D eigenvalue weighted by molar-refractivity contribution is 14.1. The molecule has 0 bridgehead atoms. The Morgan fingerprint density at radius 1 is 1.12 bits per heavy atom. The second-order valence-corrected chi connectivity index (χ2v) is 6.79. The summed E-state index contributed by atoms with van der Waals surface area (Å²) < 4.78 is 6.40. The van der Waals surface area contributed by atoms with Gasteiger partial charge in [0.05, 0.1) is 17.2 Å². The van der Waals surface area contributed by atoms with Gasteiger partial charge in [0.15, 0.2) is 11.8 Å². The molecule has 1 unspecified atom stereocenters. The first-order chi connectivity index (χ1) is 12.6. The van der Waals surface area contributed by atoms with E-state index in [0.29, 0.717) is 23.1 Å². The van der Waals surface area contributed by atoms with Crippen LogP contribution >= 0.6 is 22.6 Å². The molecule has 7 heteroatoms. The van der Waals surface area contributed by atoms with Gasteiger partial charge in [0.25, 0.3) is 5.91 Å². The number of anilines is 1. The van der Waals surface area contributed by atoms with E-state index in [1.165, 1.54) is 6.20 Å². The zero-order valence-corrected chi connectivity index (χ0v) is 16.1. The van der Waals surface area contributed by atoms with Gasteiger partial charge in [-0.25, -0.2) is 9.78 Å². The number of fused-ring (bicyclic) bond motifs is 1. The molecule has 0 spiro atoms. The molecule has 2 aromatic carbocycles. The summed E-state index contributed by atoms with van der Waals surface area (Å²) in [5.74, 6) is -1.05. The summed E-state index contributed by atoms with van der Waals surface area (Å²) in [5.41, 5.74) is 2.01. The number of halogens is 1. The van der Waals surface area contributed by atoms with Crippen LogP contribution in [0.15, 0.2) is 54.7 Å². The maximum absolute atomic E-state index is 12.4. The second kappa shape index (κ2) is 8.22.